The summed E-state index contributed by atoms with van der Waals surface area (Å²) in [5.74, 6) is -0.628. The van der Waals surface area contributed by atoms with Gasteiger partial charge in [0.15, 0.2) is 0 Å². The molecule has 1 N–H and O–H groups in total. The molecule has 0 spiro atoms. The molecule has 134 valence electrons. The van der Waals surface area contributed by atoms with Crippen molar-refractivity contribution in [2.24, 2.45) is 7.05 Å². The number of carbonyl (C=O) groups excluding carboxylic acids is 1. The van der Waals surface area contributed by atoms with Crippen LogP contribution < -0.4 is 0 Å². The van der Waals surface area contributed by atoms with Crippen molar-refractivity contribution in [2.45, 2.75) is 51.0 Å². The number of piperidine rings is 1. The van der Waals surface area contributed by atoms with Gasteiger partial charge in [-0.05, 0) is 43.7 Å². The molecule has 1 aromatic heterocycles. The van der Waals surface area contributed by atoms with E-state index < -0.39 is 5.97 Å². The van der Waals surface area contributed by atoms with Crippen LogP contribution in [0.25, 0.3) is 10.9 Å². The summed E-state index contributed by atoms with van der Waals surface area (Å²) in [7, 11) is 2.03. The van der Waals surface area contributed by atoms with Crippen molar-refractivity contribution in [3.05, 3.63) is 36.0 Å². The van der Waals surface area contributed by atoms with Gasteiger partial charge in [0.05, 0.1) is 0 Å². The Kier molecular flexibility index (Phi) is 5.41. The van der Waals surface area contributed by atoms with Crippen molar-refractivity contribution >= 4 is 22.8 Å². The van der Waals surface area contributed by atoms with Crippen LogP contribution in [0.2, 0.25) is 0 Å². The van der Waals surface area contributed by atoms with E-state index in [-0.39, 0.29) is 18.4 Å². The van der Waals surface area contributed by atoms with E-state index in [0.717, 1.165) is 32.2 Å². The highest BCUT2D eigenvalue weighted by atomic mass is 16.4. The van der Waals surface area contributed by atoms with Crippen LogP contribution in [0, 0.1) is 0 Å². The number of fused-ring (bicyclic) bond motifs is 1. The molecule has 5 nitrogen and oxygen atoms in total. The third-order valence-electron chi connectivity index (χ3n) is 5.23. The monoisotopic (exact) mass is 342 g/mol. The van der Waals surface area contributed by atoms with E-state index in [1.807, 2.05) is 24.1 Å². The fourth-order valence-electron chi connectivity index (χ4n) is 3.93. The lowest BCUT2D eigenvalue weighted by Crippen LogP contribution is -2.44. The molecule has 5 heteroatoms. The minimum atomic E-state index is -0.784. The third kappa shape index (κ3) is 4.03. The number of rotatable bonds is 6. The molecule has 0 radical (unpaired) electrons. The molecular weight excluding hydrogens is 316 g/mol. The molecule has 0 saturated carbocycles. The third-order valence-corrected chi connectivity index (χ3v) is 5.23. The summed E-state index contributed by atoms with van der Waals surface area (Å²) < 4.78 is 2.10. The van der Waals surface area contributed by atoms with Crippen LogP contribution in [0.15, 0.2) is 30.5 Å². The summed E-state index contributed by atoms with van der Waals surface area (Å²) in [6, 6.07) is 8.34. The van der Waals surface area contributed by atoms with E-state index >= 15 is 0 Å². The number of carboxylic acid groups (broad SMARTS) is 1. The molecule has 2 aromatic rings. The van der Waals surface area contributed by atoms with Crippen LogP contribution in [0.1, 0.15) is 44.1 Å². The Morgan fingerprint density at radius 1 is 1.20 bits per heavy atom. The molecule has 2 heterocycles. The normalized spacial score (nSPS) is 17.8. The minimum Gasteiger partial charge on any atom is -0.481 e. The summed E-state index contributed by atoms with van der Waals surface area (Å²) >= 11 is 0. The molecule has 1 unspecified atom stereocenters. The summed E-state index contributed by atoms with van der Waals surface area (Å²) in [5, 5.41) is 10.1. The molecule has 1 fully saturated rings. The minimum absolute atomic E-state index is 0.0878. The zero-order chi connectivity index (χ0) is 17.8. The van der Waals surface area contributed by atoms with E-state index in [1.165, 1.54) is 16.5 Å². The Balaban J connectivity index is 1.65. The Bertz CT molecular complexity index is 765. The van der Waals surface area contributed by atoms with Gasteiger partial charge in [-0.2, -0.15) is 0 Å². The van der Waals surface area contributed by atoms with Gasteiger partial charge in [-0.15, -0.1) is 0 Å². The fraction of sp³-hybridized carbons (Fsp3) is 0.500. The second kappa shape index (κ2) is 7.72. The molecule has 0 aliphatic carbocycles. The van der Waals surface area contributed by atoms with Crippen molar-refractivity contribution in [3.63, 3.8) is 0 Å². The number of likely N-dealkylation sites (tertiary alicyclic amines) is 1. The lowest BCUT2D eigenvalue weighted by molar-refractivity contribution is -0.140. The molecule has 1 atom stereocenters. The first-order valence-corrected chi connectivity index (χ1v) is 9.10. The van der Waals surface area contributed by atoms with E-state index in [0.29, 0.717) is 12.8 Å². The molecule has 1 aliphatic rings. The first kappa shape index (κ1) is 17.5. The highest BCUT2D eigenvalue weighted by molar-refractivity contribution is 5.85. The number of benzene rings is 1. The molecule has 0 bridgehead atoms. The van der Waals surface area contributed by atoms with E-state index in [9.17, 15) is 9.59 Å². The average Bonchev–Trinajstić information content (AvgIpc) is 2.94. The first-order chi connectivity index (χ1) is 12.1. The van der Waals surface area contributed by atoms with Crippen LogP contribution in [-0.4, -0.2) is 39.0 Å². The predicted molar refractivity (Wildman–Crippen MR) is 97.5 cm³/mol. The van der Waals surface area contributed by atoms with Crippen molar-refractivity contribution in [1.82, 2.24) is 9.47 Å². The smallest absolute Gasteiger partial charge is 0.303 e. The van der Waals surface area contributed by atoms with E-state index in [1.54, 1.807) is 0 Å². The van der Waals surface area contributed by atoms with Gasteiger partial charge in [0, 0.05) is 49.6 Å². The zero-order valence-electron chi connectivity index (χ0n) is 14.8. The Morgan fingerprint density at radius 2 is 2.00 bits per heavy atom. The van der Waals surface area contributed by atoms with Crippen molar-refractivity contribution in [2.75, 3.05) is 6.54 Å². The molecule has 3 rings (SSSR count). The maximum absolute atomic E-state index is 12.7. The number of aliphatic carboxylic acids is 1. The molecular formula is C20H26N2O3. The van der Waals surface area contributed by atoms with Gasteiger partial charge in [-0.3, -0.25) is 9.59 Å². The average molecular weight is 342 g/mol. The van der Waals surface area contributed by atoms with Crippen molar-refractivity contribution < 1.29 is 14.7 Å². The lowest BCUT2D eigenvalue weighted by Gasteiger charge is -2.35. The number of aromatic nitrogens is 1. The number of hydrogen-bond donors (Lipinski definition) is 1. The lowest BCUT2D eigenvalue weighted by atomic mass is 9.97. The van der Waals surface area contributed by atoms with Crippen molar-refractivity contribution in [1.29, 1.82) is 0 Å². The summed E-state index contributed by atoms with van der Waals surface area (Å²) in [5.41, 5.74) is 2.38. The second-order valence-electron chi connectivity index (χ2n) is 6.95. The maximum Gasteiger partial charge on any atom is 0.303 e. The van der Waals surface area contributed by atoms with Gasteiger partial charge < -0.3 is 14.6 Å². The Hall–Kier alpha value is -2.30. The van der Waals surface area contributed by atoms with Gasteiger partial charge in [-0.1, -0.05) is 18.2 Å². The van der Waals surface area contributed by atoms with Gasteiger partial charge in [0.2, 0.25) is 5.91 Å². The first-order valence-electron chi connectivity index (χ1n) is 9.10. The van der Waals surface area contributed by atoms with Crippen molar-refractivity contribution in [3.8, 4) is 0 Å². The van der Waals surface area contributed by atoms with Crippen LogP contribution >= 0.6 is 0 Å². The quantitative estimate of drug-likeness (QED) is 0.875. The Morgan fingerprint density at radius 3 is 2.80 bits per heavy atom. The van der Waals surface area contributed by atoms with Crippen LogP contribution in [0.3, 0.4) is 0 Å². The summed E-state index contributed by atoms with van der Waals surface area (Å²) in [6.45, 7) is 0.763. The van der Waals surface area contributed by atoms with Gasteiger partial charge in [0.25, 0.3) is 0 Å². The summed E-state index contributed by atoms with van der Waals surface area (Å²) in [6.07, 6.45) is 7.04. The molecule has 1 saturated heterocycles. The summed E-state index contributed by atoms with van der Waals surface area (Å²) in [4.78, 5) is 25.5. The molecule has 1 aromatic carbocycles. The number of amides is 1. The largest absolute Gasteiger partial charge is 0.481 e. The highest BCUT2D eigenvalue weighted by Crippen LogP contribution is 2.24. The second-order valence-corrected chi connectivity index (χ2v) is 6.95. The SMILES string of the molecule is Cn1cc(CCC(=O)N2CCCCC2CCC(=O)O)c2ccccc21. The van der Waals surface area contributed by atoms with E-state index in [4.69, 9.17) is 5.11 Å². The predicted octanol–water partition coefficient (Wildman–Crippen LogP) is 3.36. The number of carboxylic acids is 1. The highest BCUT2D eigenvalue weighted by Gasteiger charge is 2.26. The molecule has 1 amide bonds. The van der Waals surface area contributed by atoms with Crippen LogP contribution in [0.4, 0.5) is 0 Å². The van der Waals surface area contributed by atoms with Crippen LogP contribution in [-0.2, 0) is 23.1 Å². The molecule has 25 heavy (non-hydrogen) atoms. The maximum atomic E-state index is 12.7. The molecule has 1 aliphatic heterocycles. The zero-order valence-corrected chi connectivity index (χ0v) is 14.8. The topological polar surface area (TPSA) is 62.5 Å². The van der Waals surface area contributed by atoms with Gasteiger partial charge in [-0.25, -0.2) is 0 Å². The number of aryl methyl sites for hydroxylation is 2. The number of hydrogen-bond acceptors (Lipinski definition) is 2. The van der Waals surface area contributed by atoms with E-state index in [2.05, 4.69) is 22.9 Å². The van der Waals surface area contributed by atoms with Crippen LogP contribution in [0.5, 0.6) is 0 Å². The number of carbonyl (C=O) groups is 2. The van der Waals surface area contributed by atoms with Gasteiger partial charge in [0.1, 0.15) is 0 Å². The van der Waals surface area contributed by atoms with Gasteiger partial charge >= 0.3 is 5.97 Å². The number of nitrogens with zero attached hydrogens (tertiary/aromatic N) is 2. The fourth-order valence-corrected chi connectivity index (χ4v) is 3.93. The Labute approximate surface area is 148 Å². The standard InChI is InChI=1S/C20H26N2O3/c1-21-14-15(17-7-2-3-8-18(17)21)9-11-19(23)22-13-5-4-6-16(22)10-12-20(24)25/h2-3,7-8,14,16H,4-6,9-13H2,1H3,(H,24,25). The number of para-hydroxylation sites is 1.